The first-order valence-electron chi connectivity index (χ1n) is 7.73. The molecular formula is C17H27NO. The number of rotatable bonds is 5. The number of aromatic hydroxyl groups is 1. The van der Waals surface area contributed by atoms with Crippen molar-refractivity contribution in [3.63, 3.8) is 0 Å². The van der Waals surface area contributed by atoms with Gasteiger partial charge in [-0.2, -0.15) is 0 Å². The maximum Gasteiger partial charge on any atom is 0.119 e. The summed E-state index contributed by atoms with van der Waals surface area (Å²) in [6, 6.07) is 6.63. The van der Waals surface area contributed by atoms with E-state index in [1.807, 2.05) is 12.1 Å². The molecule has 2 heteroatoms. The number of nitrogens with zero attached hydrogens (tertiary/aromatic N) is 1. The number of hydrogen-bond acceptors (Lipinski definition) is 2. The van der Waals surface area contributed by atoms with Crippen LogP contribution in [0.3, 0.4) is 0 Å². The van der Waals surface area contributed by atoms with E-state index in [9.17, 15) is 5.11 Å². The summed E-state index contributed by atoms with van der Waals surface area (Å²) in [5.74, 6) is 1.01. The van der Waals surface area contributed by atoms with Gasteiger partial charge in [-0.25, -0.2) is 0 Å². The lowest BCUT2D eigenvalue weighted by molar-refractivity contribution is 0.158. The Kier molecular flexibility index (Phi) is 4.87. The van der Waals surface area contributed by atoms with Crippen LogP contribution in [-0.4, -0.2) is 29.1 Å². The molecular weight excluding hydrogens is 234 g/mol. The van der Waals surface area contributed by atoms with E-state index in [1.54, 1.807) is 0 Å². The van der Waals surface area contributed by atoms with Crippen LogP contribution in [0.25, 0.3) is 0 Å². The zero-order chi connectivity index (χ0) is 13.8. The van der Waals surface area contributed by atoms with Gasteiger partial charge in [-0.3, -0.25) is 4.90 Å². The zero-order valence-corrected chi connectivity index (χ0v) is 12.5. The highest BCUT2D eigenvalue weighted by Crippen LogP contribution is 2.38. The van der Waals surface area contributed by atoms with E-state index < -0.39 is 0 Å². The molecule has 0 fully saturated rings. The molecule has 0 aliphatic heterocycles. The van der Waals surface area contributed by atoms with Crippen molar-refractivity contribution >= 4 is 0 Å². The molecule has 19 heavy (non-hydrogen) atoms. The van der Waals surface area contributed by atoms with Crippen molar-refractivity contribution in [2.24, 2.45) is 0 Å². The summed E-state index contributed by atoms with van der Waals surface area (Å²) in [7, 11) is 0. The predicted molar refractivity (Wildman–Crippen MR) is 80.8 cm³/mol. The van der Waals surface area contributed by atoms with Crippen LogP contribution in [0.2, 0.25) is 0 Å². The van der Waals surface area contributed by atoms with E-state index in [0.29, 0.717) is 17.7 Å². The minimum atomic E-state index is 0.486. The Morgan fingerprint density at radius 1 is 1.21 bits per heavy atom. The molecule has 0 radical (unpaired) electrons. The van der Waals surface area contributed by atoms with Gasteiger partial charge in [0.15, 0.2) is 0 Å². The van der Waals surface area contributed by atoms with Gasteiger partial charge in [-0.1, -0.05) is 32.9 Å². The quantitative estimate of drug-likeness (QED) is 0.868. The Bertz CT molecular complexity index is 410. The highest BCUT2D eigenvalue weighted by atomic mass is 16.3. The SMILES string of the molecule is CCCN(CCC)[C@H]1CCc2c(O)cccc2[C@@H]1C. The minimum absolute atomic E-state index is 0.486. The van der Waals surface area contributed by atoms with Crippen LogP contribution in [0.5, 0.6) is 5.75 Å². The first-order chi connectivity index (χ1) is 9.19. The second kappa shape index (κ2) is 6.42. The molecule has 0 bridgehead atoms. The van der Waals surface area contributed by atoms with E-state index in [4.69, 9.17) is 0 Å². The lowest BCUT2D eigenvalue weighted by atomic mass is 9.79. The summed E-state index contributed by atoms with van der Waals surface area (Å²) in [5.41, 5.74) is 2.53. The van der Waals surface area contributed by atoms with Crippen LogP contribution < -0.4 is 0 Å². The summed E-state index contributed by atoms with van der Waals surface area (Å²) >= 11 is 0. The number of benzene rings is 1. The van der Waals surface area contributed by atoms with Gasteiger partial charge in [0.05, 0.1) is 0 Å². The van der Waals surface area contributed by atoms with Crippen LogP contribution in [0.1, 0.15) is 57.1 Å². The Balaban J connectivity index is 2.22. The molecule has 0 aromatic heterocycles. The zero-order valence-electron chi connectivity index (χ0n) is 12.5. The number of phenolic OH excluding ortho intramolecular Hbond substituents is 1. The summed E-state index contributed by atoms with van der Waals surface area (Å²) in [6.07, 6.45) is 4.62. The van der Waals surface area contributed by atoms with Gasteiger partial charge in [0.2, 0.25) is 0 Å². The highest BCUT2D eigenvalue weighted by Gasteiger charge is 2.30. The predicted octanol–water partition coefficient (Wildman–Crippen LogP) is 3.93. The molecule has 1 aromatic rings. The average molecular weight is 261 g/mol. The standard InChI is InChI=1S/C17H27NO/c1-4-11-18(12-5-2)16-10-9-15-14(13(16)3)7-6-8-17(15)19/h6-8,13,16,19H,4-5,9-12H2,1-3H3/t13-,16-/m0/s1. The summed E-state index contributed by atoms with van der Waals surface area (Å²) in [6.45, 7) is 9.22. The minimum Gasteiger partial charge on any atom is -0.508 e. The van der Waals surface area contributed by atoms with Crippen molar-refractivity contribution < 1.29 is 5.11 Å². The van der Waals surface area contributed by atoms with Crippen molar-refractivity contribution in [1.29, 1.82) is 0 Å². The molecule has 2 rings (SSSR count). The molecule has 0 saturated carbocycles. The molecule has 1 aliphatic rings. The number of hydrogen-bond donors (Lipinski definition) is 1. The van der Waals surface area contributed by atoms with Crippen molar-refractivity contribution in [2.75, 3.05) is 13.1 Å². The van der Waals surface area contributed by atoms with Gasteiger partial charge >= 0.3 is 0 Å². The summed E-state index contributed by atoms with van der Waals surface area (Å²) in [4.78, 5) is 2.65. The van der Waals surface area contributed by atoms with Crippen LogP contribution in [-0.2, 0) is 6.42 Å². The molecule has 1 aromatic carbocycles. The van der Waals surface area contributed by atoms with Crippen molar-refractivity contribution in [2.45, 2.75) is 58.4 Å². The fourth-order valence-corrected chi connectivity index (χ4v) is 3.56. The highest BCUT2D eigenvalue weighted by molar-refractivity contribution is 5.43. The maximum absolute atomic E-state index is 9.99. The molecule has 1 aliphatic carbocycles. The third-order valence-electron chi connectivity index (χ3n) is 4.44. The van der Waals surface area contributed by atoms with E-state index in [-0.39, 0.29) is 0 Å². The van der Waals surface area contributed by atoms with Crippen LogP contribution in [0.4, 0.5) is 0 Å². The molecule has 0 spiro atoms. The molecule has 0 unspecified atom stereocenters. The Labute approximate surface area is 117 Å². The van der Waals surface area contributed by atoms with Crippen LogP contribution in [0.15, 0.2) is 18.2 Å². The first kappa shape index (κ1) is 14.4. The van der Waals surface area contributed by atoms with Gasteiger partial charge in [-0.05, 0) is 61.9 Å². The fourth-order valence-electron chi connectivity index (χ4n) is 3.56. The second-order valence-electron chi connectivity index (χ2n) is 5.78. The third kappa shape index (κ3) is 2.94. The largest absolute Gasteiger partial charge is 0.508 e. The van der Waals surface area contributed by atoms with Crippen LogP contribution in [0, 0.1) is 0 Å². The van der Waals surface area contributed by atoms with E-state index in [2.05, 4.69) is 31.7 Å². The molecule has 2 atom stereocenters. The fraction of sp³-hybridized carbons (Fsp3) is 0.647. The molecule has 2 nitrogen and oxygen atoms in total. The Morgan fingerprint density at radius 2 is 1.89 bits per heavy atom. The van der Waals surface area contributed by atoms with E-state index >= 15 is 0 Å². The van der Waals surface area contributed by atoms with Gasteiger partial charge in [0.1, 0.15) is 5.75 Å². The Morgan fingerprint density at radius 3 is 2.53 bits per heavy atom. The molecule has 1 N–H and O–H groups in total. The molecule has 0 amide bonds. The molecule has 0 saturated heterocycles. The van der Waals surface area contributed by atoms with E-state index in [0.717, 1.165) is 6.42 Å². The lowest BCUT2D eigenvalue weighted by Gasteiger charge is -2.39. The normalized spacial score (nSPS) is 22.5. The topological polar surface area (TPSA) is 23.5 Å². The van der Waals surface area contributed by atoms with Crippen molar-refractivity contribution in [3.05, 3.63) is 29.3 Å². The van der Waals surface area contributed by atoms with Crippen molar-refractivity contribution in [1.82, 2.24) is 4.90 Å². The molecule has 106 valence electrons. The maximum atomic E-state index is 9.99. The summed E-state index contributed by atoms with van der Waals surface area (Å²) < 4.78 is 0. The lowest BCUT2D eigenvalue weighted by Crippen LogP contribution is -2.42. The Hall–Kier alpha value is -1.02. The van der Waals surface area contributed by atoms with Crippen molar-refractivity contribution in [3.8, 4) is 5.75 Å². The van der Waals surface area contributed by atoms with Gasteiger partial charge in [-0.15, -0.1) is 0 Å². The first-order valence-corrected chi connectivity index (χ1v) is 7.73. The van der Waals surface area contributed by atoms with Crippen LogP contribution >= 0.6 is 0 Å². The number of fused-ring (bicyclic) bond motifs is 1. The average Bonchev–Trinajstić information content (AvgIpc) is 2.40. The van der Waals surface area contributed by atoms with E-state index in [1.165, 1.54) is 43.5 Å². The smallest absolute Gasteiger partial charge is 0.119 e. The van der Waals surface area contributed by atoms with Gasteiger partial charge in [0, 0.05) is 6.04 Å². The third-order valence-corrected chi connectivity index (χ3v) is 4.44. The second-order valence-corrected chi connectivity index (χ2v) is 5.78. The number of phenols is 1. The molecule has 0 heterocycles. The monoisotopic (exact) mass is 261 g/mol. The van der Waals surface area contributed by atoms with Gasteiger partial charge in [0.25, 0.3) is 0 Å². The summed E-state index contributed by atoms with van der Waals surface area (Å²) in [5, 5.41) is 9.99. The van der Waals surface area contributed by atoms with Gasteiger partial charge < -0.3 is 5.11 Å².